The standard InChI is InChI=1S/C24H29N7O/c25-13-3-1-2-4-14-27-24(32)15-20-5-7-22(8-6-20)17-31(30-18-28-29-19-30)23-11-9-21(16-26)10-12-23/h5-12,18-19H,1-4,13-15,17,25H2,(H,27,32). The minimum atomic E-state index is 0.0419. The van der Waals surface area contributed by atoms with Crippen molar-refractivity contribution in [2.45, 2.75) is 38.6 Å². The van der Waals surface area contributed by atoms with E-state index < -0.39 is 0 Å². The highest BCUT2D eigenvalue weighted by Gasteiger charge is 2.11. The normalized spacial score (nSPS) is 10.5. The number of hydrogen-bond acceptors (Lipinski definition) is 6. The third kappa shape index (κ3) is 6.93. The molecule has 0 atom stereocenters. The second-order valence-electron chi connectivity index (χ2n) is 7.60. The molecule has 3 N–H and O–H groups in total. The van der Waals surface area contributed by atoms with Crippen LogP contribution in [0.3, 0.4) is 0 Å². The number of nitrogens with two attached hydrogens (primary N) is 1. The molecule has 0 saturated heterocycles. The molecule has 0 saturated carbocycles. The van der Waals surface area contributed by atoms with Gasteiger partial charge in [0.05, 0.1) is 30.3 Å². The third-order valence-electron chi connectivity index (χ3n) is 5.15. The van der Waals surface area contributed by atoms with Crippen molar-refractivity contribution in [3.63, 3.8) is 0 Å². The fraction of sp³-hybridized carbons (Fsp3) is 0.333. The van der Waals surface area contributed by atoms with Gasteiger partial charge in [0.15, 0.2) is 0 Å². The summed E-state index contributed by atoms with van der Waals surface area (Å²) in [6, 6.07) is 17.5. The molecule has 166 valence electrons. The van der Waals surface area contributed by atoms with Crippen molar-refractivity contribution in [2.24, 2.45) is 5.73 Å². The Hall–Kier alpha value is -3.70. The zero-order valence-corrected chi connectivity index (χ0v) is 18.2. The number of nitriles is 1. The second-order valence-corrected chi connectivity index (χ2v) is 7.60. The van der Waals surface area contributed by atoms with E-state index in [-0.39, 0.29) is 5.91 Å². The van der Waals surface area contributed by atoms with Gasteiger partial charge >= 0.3 is 0 Å². The summed E-state index contributed by atoms with van der Waals surface area (Å²) >= 11 is 0. The van der Waals surface area contributed by atoms with Crippen LogP contribution >= 0.6 is 0 Å². The van der Waals surface area contributed by atoms with E-state index >= 15 is 0 Å². The van der Waals surface area contributed by atoms with Crippen LogP contribution in [-0.2, 0) is 17.8 Å². The molecular weight excluding hydrogens is 402 g/mol. The predicted octanol–water partition coefficient (Wildman–Crippen LogP) is 2.80. The summed E-state index contributed by atoms with van der Waals surface area (Å²) in [6.07, 6.45) is 7.86. The monoisotopic (exact) mass is 431 g/mol. The fourth-order valence-electron chi connectivity index (χ4n) is 3.37. The van der Waals surface area contributed by atoms with Crippen molar-refractivity contribution in [2.75, 3.05) is 18.1 Å². The Bertz CT molecular complexity index is 992. The van der Waals surface area contributed by atoms with Crippen molar-refractivity contribution in [3.05, 3.63) is 77.9 Å². The van der Waals surface area contributed by atoms with Gasteiger partial charge in [0.1, 0.15) is 12.7 Å². The molecule has 3 rings (SSSR count). The van der Waals surface area contributed by atoms with E-state index in [1.807, 2.05) is 41.4 Å². The second kappa shape index (κ2) is 12.2. The van der Waals surface area contributed by atoms with E-state index in [1.54, 1.807) is 29.5 Å². The van der Waals surface area contributed by atoms with Crippen LogP contribution in [-0.4, -0.2) is 33.9 Å². The van der Waals surface area contributed by atoms with Gasteiger partial charge in [0, 0.05) is 6.54 Å². The molecule has 0 unspecified atom stereocenters. The summed E-state index contributed by atoms with van der Waals surface area (Å²) in [5, 5.41) is 21.8. The molecule has 1 aromatic heterocycles. The molecule has 1 heterocycles. The van der Waals surface area contributed by atoms with Gasteiger partial charge in [-0.3, -0.25) is 9.80 Å². The summed E-state index contributed by atoms with van der Waals surface area (Å²) in [5.41, 5.74) is 9.06. The molecule has 3 aromatic rings. The van der Waals surface area contributed by atoms with Gasteiger partial charge in [-0.1, -0.05) is 37.1 Å². The largest absolute Gasteiger partial charge is 0.356 e. The van der Waals surface area contributed by atoms with E-state index in [1.165, 1.54) is 0 Å². The van der Waals surface area contributed by atoms with Gasteiger partial charge in [-0.05, 0) is 54.8 Å². The van der Waals surface area contributed by atoms with Crippen LogP contribution in [0.15, 0.2) is 61.2 Å². The number of carbonyl (C=O) groups is 1. The molecule has 0 aliphatic heterocycles. The Morgan fingerprint density at radius 1 is 0.969 bits per heavy atom. The lowest BCUT2D eigenvalue weighted by Gasteiger charge is -2.25. The Morgan fingerprint density at radius 2 is 1.62 bits per heavy atom. The minimum absolute atomic E-state index is 0.0419. The molecule has 2 aromatic carbocycles. The predicted molar refractivity (Wildman–Crippen MR) is 123 cm³/mol. The lowest BCUT2D eigenvalue weighted by Crippen LogP contribution is -2.28. The minimum Gasteiger partial charge on any atom is -0.356 e. The van der Waals surface area contributed by atoms with Crippen LogP contribution < -0.4 is 16.1 Å². The number of anilines is 1. The maximum atomic E-state index is 12.2. The molecular formula is C24H29N7O. The lowest BCUT2D eigenvalue weighted by molar-refractivity contribution is -0.120. The number of rotatable bonds is 12. The van der Waals surface area contributed by atoms with Crippen LogP contribution in [0.1, 0.15) is 42.4 Å². The average Bonchev–Trinajstić information content (AvgIpc) is 3.35. The van der Waals surface area contributed by atoms with Crippen LogP contribution in [0.5, 0.6) is 0 Å². The number of hydrogen-bond donors (Lipinski definition) is 2. The molecule has 32 heavy (non-hydrogen) atoms. The van der Waals surface area contributed by atoms with Gasteiger partial charge in [0.2, 0.25) is 5.91 Å². The van der Waals surface area contributed by atoms with Crippen LogP contribution in [0, 0.1) is 11.3 Å². The number of benzene rings is 2. The Labute approximate surface area is 188 Å². The summed E-state index contributed by atoms with van der Waals surface area (Å²) < 4.78 is 1.80. The van der Waals surface area contributed by atoms with Crippen molar-refractivity contribution < 1.29 is 4.79 Å². The summed E-state index contributed by atoms with van der Waals surface area (Å²) in [6.45, 7) is 2.02. The van der Waals surface area contributed by atoms with Crippen molar-refractivity contribution in [3.8, 4) is 6.07 Å². The van der Waals surface area contributed by atoms with Crippen molar-refractivity contribution in [1.29, 1.82) is 5.26 Å². The fourth-order valence-corrected chi connectivity index (χ4v) is 3.37. The van der Waals surface area contributed by atoms with E-state index in [0.29, 0.717) is 25.1 Å². The average molecular weight is 432 g/mol. The maximum absolute atomic E-state index is 12.2. The van der Waals surface area contributed by atoms with Gasteiger partial charge in [-0.2, -0.15) is 5.26 Å². The van der Waals surface area contributed by atoms with Gasteiger partial charge in [-0.25, -0.2) is 4.68 Å². The zero-order chi connectivity index (χ0) is 22.6. The topological polar surface area (TPSA) is 113 Å². The SMILES string of the molecule is N#Cc1ccc(N(Cc2ccc(CC(=O)NCCCCCCN)cc2)n2cnnc2)cc1. The van der Waals surface area contributed by atoms with E-state index in [2.05, 4.69) is 21.6 Å². The molecule has 8 nitrogen and oxygen atoms in total. The highest BCUT2D eigenvalue weighted by atomic mass is 16.1. The number of nitrogens with zero attached hydrogens (tertiary/aromatic N) is 5. The van der Waals surface area contributed by atoms with E-state index in [4.69, 9.17) is 11.0 Å². The van der Waals surface area contributed by atoms with Gasteiger partial charge < -0.3 is 11.1 Å². The first-order valence-electron chi connectivity index (χ1n) is 10.9. The lowest BCUT2D eigenvalue weighted by atomic mass is 10.1. The van der Waals surface area contributed by atoms with Crippen LogP contribution in [0.25, 0.3) is 0 Å². The molecule has 0 radical (unpaired) electrons. The third-order valence-corrected chi connectivity index (χ3v) is 5.15. The summed E-state index contributed by atoms with van der Waals surface area (Å²) in [5.74, 6) is 0.0419. The molecule has 1 amide bonds. The zero-order valence-electron chi connectivity index (χ0n) is 18.2. The first kappa shape index (κ1) is 23.0. The number of unbranched alkanes of at least 4 members (excludes halogenated alkanes) is 3. The van der Waals surface area contributed by atoms with Crippen LogP contribution in [0.2, 0.25) is 0 Å². The molecule has 0 spiro atoms. The highest BCUT2D eigenvalue weighted by Crippen LogP contribution is 2.19. The first-order valence-corrected chi connectivity index (χ1v) is 10.9. The van der Waals surface area contributed by atoms with Crippen molar-refractivity contribution >= 4 is 11.6 Å². The summed E-state index contributed by atoms with van der Waals surface area (Å²) in [7, 11) is 0. The Morgan fingerprint density at radius 3 is 2.28 bits per heavy atom. The number of nitrogens with one attached hydrogen (secondary N) is 1. The highest BCUT2D eigenvalue weighted by molar-refractivity contribution is 5.78. The van der Waals surface area contributed by atoms with Crippen molar-refractivity contribution in [1.82, 2.24) is 20.2 Å². The Kier molecular flexibility index (Phi) is 8.78. The first-order chi connectivity index (χ1) is 15.7. The van der Waals surface area contributed by atoms with Crippen LogP contribution in [0.4, 0.5) is 5.69 Å². The number of aromatic nitrogens is 3. The Balaban J connectivity index is 1.56. The molecule has 0 aliphatic rings. The maximum Gasteiger partial charge on any atom is 0.224 e. The smallest absolute Gasteiger partial charge is 0.224 e. The molecule has 0 bridgehead atoms. The van der Waals surface area contributed by atoms with E-state index in [0.717, 1.165) is 49.0 Å². The number of amides is 1. The quantitative estimate of drug-likeness (QED) is 0.426. The number of carbonyl (C=O) groups excluding carboxylic acids is 1. The molecule has 0 aliphatic carbocycles. The van der Waals surface area contributed by atoms with Gasteiger partial charge in [-0.15, -0.1) is 10.2 Å². The summed E-state index contributed by atoms with van der Waals surface area (Å²) in [4.78, 5) is 12.2. The van der Waals surface area contributed by atoms with Gasteiger partial charge in [0.25, 0.3) is 0 Å². The molecule has 8 heteroatoms. The van der Waals surface area contributed by atoms with E-state index in [9.17, 15) is 4.79 Å². The molecule has 0 fully saturated rings.